The van der Waals surface area contributed by atoms with Gasteiger partial charge in [0.15, 0.2) is 0 Å². The van der Waals surface area contributed by atoms with Gasteiger partial charge < -0.3 is 10.4 Å². The van der Waals surface area contributed by atoms with E-state index in [1.807, 2.05) is 0 Å². The number of halogens is 2. The Morgan fingerprint density at radius 3 is 2.48 bits per heavy atom. The van der Waals surface area contributed by atoms with Crippen molar-refractivity contribution in [2.75, 3.05) is 13.1 Å². The first-order valence-electron chi connectivity index (χ1n) is 7.61. The normalized spacial score (nSPS) is 17.9. The molecule has 7 nitrogen and oxygen atoms in total. The Bertz CT molecular complexity index is 778. The van der Waals surface area contributed by atoms with Crippen molar-refractivity contribution in [3.8, 4) is 0 Å². The number of carbonyl (C=O) groups is 2. The SMILES string of the molecule is C[C@H](NC(=O)C1CCN(S(=O)(=O)c2ccc(F)c(Cl)c2)CC1)C(=O)O. The molecule has 1 amide bonds. The van der Waals surface area contributed by atoms with E-state index in [9.17, 15) is 22.4 Å². The van der Waals surface area contributed by atoms with Crippen LogP contribution in [0.3, 0.4) is 0 Å². The molecule has 1 aliphatic heterocycles. The zero-order valence-electron chi connectivity index (χ0n) is 13.4. The Hall–Kier alpha value is -1.71. The van der Waals surface area contributed by atoms with E-state index >= 15 is 0 Å². The largest absolute Gasteiger partial charge is 0.480 e. The number of sulfonamides is 1. The molecule has 1 aromatic rings. The van der Waals surface area contributed by atoms with Gasteiger partial charge in [-0.3, -0.25) is 9.59 Å². The van der Waals surface area contributed by atoms with Crippen molar-refractivity contribution in [1.29, 1.82) is 0 Å². The standard InChI is InChI=1S/C15H18ClFN2O5S/c1-9(15(21)22)18-14(20)10-4-6-19(7-5-10)25(23,24)11-2-3-13(17)12(16)8-11/h2-3,8-10H,4-7H2,1H3,(H,18,20)(H,21,22)/t9-/m0/s1. The van der Waals surface area contributed by atoms with Crippen LogP contribution in [0.25, 0.3) is 0 Å². The van der Waals surface area contributed by atoms with Crippen LogP contribution in [0.2, 0.25) is 5.02 Å². The molecule has 0 spiro atoms. The number of nitrogens with zero attached hydrogens (tertiary/aromatic N) is 1. The van der Waals surface area contributed by atoms with Crippen molar-refractivity contribution < 1.29 is 27.5 Å². The molecule has 2 rings (SSSR count). The summed E-state index contributed by atoms with van der Waals surface area (Å²) in [6, 6.07) is 2.18. The van der Waals surface area contributed by atoms with Crippen LogP contribution in [-0.4, -0.2) is 48.8 Å². The molecule has 1 aromatic carbocycles. The lowest BCUT2D eigenvalue weighted by atomic mass is 9.97. The molecule has 138 valence electrons. The third kappa shape index (κ3) is 4.47. The second kappa shape index (κ2) is 7.67. The van der Waals surface area contributed by atoms with Crippen molar-refractivity contribution in [2.45, 2.75) is 30.7 Å². The first-order valence-corrected chi connectivity index (χ1v) is 9.43. The molecule has 1 saturated heterocycles. The number of nitrogens with one attached hydrogen (secondary N) is 1. The molecule has 0 radical (unpaired) electrons. The fourth-order valence-electron chi connectivity index (χ4n) is 2.54. The van der Waals surface area contributed by atoms with Crippen LogP contribution in [0.15, 0.2) is 23.1 Å². The van der Waals surface area contributed by atoms with Gasteiger partial charge in [-0.2, -0.15) is 4.31 Å². The van der Waals surface area contributed by atoms with Gasteiger partial charge in [0.1, 0.15) is 11.9 Å². The second-order valence-electron chi connectivity index (χ2n) is 5.82. The van der Waals surface area contributed by atoms with Crippen LogP contribution in [0.4, 0.5) is 4.39 Å². The number of carboxylic acids is 1. The molecule has 1 fully saturated rings. The maximum absolute atomic E-state index is 13.2. The number of carboxylic acid groups (broad SMARTS) is 1. The quantitative estimate of drug-likeness (QED) is 0.789. The molecule has 10 heteroatoms. The van der Waals surface area contributed by atoms with E-state index in [2.05, 4.69) is 5.32 Å². The molecule has 1 aliphatic rings. The van der Waals surface area contributed by atoms with E-state index in [1.165, 1.54) is 11.2 Å². The van der Waals surface area contributed by atoms with Gasteiger partial charge in [0, 0.05) is 19.0 Å². The molecular formula is C15H18ClFN2O5S. The predicted octanol–water partition coefficient (Wildman–Crippen LogP) is 1.47. The maximum Gasteiger partial charge on any atom is 0.325 e. The minimum absolute atomic E-state index is 0.108. The van der Waals surface area contributed by atoms with Gasteiger partial charge in [-0.05, 0) is 38.0 Å². The lowest BCUT2D eigenvalue weighted by Gasteiger charge is -2.30. The highest BCUT2D eigenvalue weighted by molar-refractivity contribution is 7.89. The summed E-state index contributed by atoms with van der Waals surface area (Å²) in [4.78, 5) is 22.7. The first kappa shape index (κ1) is 19.6. The number of carbonyl (C=O) groups excluding carboxylic acids is 1. The van der Waals surface area contributed by atoms with E-state index < -0.39 is 39.7 Å². The molecule has 0 saturated carbocycles. The summed E-state index contributed by atoms with van der Waals surface area (Å²) in [5.74, 6) is -2.70. The lowest BCUT2D eigenvalue weighted by Crippen LogP contribution is -2.46. The number of rotatable bonds is 5. The molecule has 0 unspecified atom stereocenters. The highest BCUT2D eigenvalue weighted by Crippen LogP contribution is 2.26. The number of piperidine rings is 1. The maximum atomic E-state index is 13.2. The molecule has 0 aromatic heterocycles. The van der Waals surface area contributed by atoms with Crippen molar-refractivity contribution >= 4 is 33.5 Å². The number of amides is 1. The Morgan fingerprint density at radius 2 is 1.96 bits per heavy atom. The summed E-state index contributed by atoms with van der Waals surface area (Å²) in [6.07, 6.45) is 0.540. The molecule has 0 aliphatic carbocycles. The molecule has 0 bridgehead atoms. The Morgan fingerprint density at radius 1 is 1.36 bits per heavy atom. The van der Waals surface area contributed by atoms with E-state index in [4.69, 9.17) is 16.7 Å². The Balaban J connectivity index is 2.02. The average Bonchev–Trinajstić information content (AvgIpc) is 2.57. The van der Waals surface area contributed by atoms with Gasteiger partial charge in [0.25, 0.3) is 0 Å². The fraction of sp³-hybridized carbons (Fsp3) is 0.467. The van der Waals surface area contributed by atoms with Gasteiger partial charge in [-0.25, -0.2) is 12.8 Å². The zero-order chi connectivity index (χ0) is 18.8. The molecule has 2 N–H and O–H groups in total. The van der Waals surface area contributed by atoms with Crippen LogP contribution in [-0.2, 0) is 19.6 Å². The summed E-state index contributed by atoms with van der Waals surface area (Å²) in [5.41, 5.74) is 0. The van der Waals surface area contributed by atoms with Crippen LogP contribution in [0, 0.1) is 11.7 Å². The van der Waals surface area contributed by atoms with Crippen molar-refractivity contribution in [1.82, 2.24) is 9.62 Å². The van der Waals surface area contributed by atoms with Gasteiger partial charge in [0.05, 0.1) is 9.92 Å². The Kier molecular flexibility index (Phi) is 6.02. The molecule has 1 atom stereocenters. The number of hydrogen-bond donors (Lipinski definition) is 2. The summed E-state index contributed by atoms with van der Waals surface area (Å²) >= 11 is 5.64. The minimum Gasteiger partial charge on any atom is -0.480 e. The molecular weight excluding hydrogens is 375 g/mol. The average molecular weight is 393 g/mol. The van der Waals surface area contributed by atoms with Crippen molar-refractivity contribution in [3.63, 3.8) is 0 Å². The smallest absolute Gasteiger partial charge is 0.325 e. The topological polar surface area (TPSA) is 104 Å². The third-order valence-electron chi connectivity index (χ3n) is 4.08. The van der Waals surface area contributed by atoms with Crippen molar-refractivity contribution in [2.24, 2.45) is 5.92 Å². The molecule has 25 heavy (non-hydrogen) atoms. The summed E-state index contributed by atoms with van der Waals surface area (Å²) < 4.78 is 39.5. The van der Waals surface area contributed by atoms with E-state index in [0.717, 1.165) is 18.2 Å². The highest BCUT2D eigenvalue weighted by atomic mass is 35.5. The number of benzene rings is 1. The lowest BCUT2D eigenvalue weighted by molar-refractivity contribution is -0.142. The molecule has 1 heterocycles. The third-order valence-corrected chi connectivity index (χ3v) is 6.27. The highest BCUT2D eigenvalue weighted by Gasteiger charge is 2.33. The second-order valence-corrected chi connectivity index (χ2v) is 8.17. The van der Waals surface area contributed by atoms with E-state index in [-0.39, 0.29) is 35.8 Å². The monoisotopic (exact) mass is 392 g/mol. The van der Waals surface area contributed by atoms with Crippen LogP contribution in [0.1, 0.15) is 19.8 Å². The minimum atomic E-state index is -3.83. The first-order chi connectivity index (χ1) is 11.6. The van der Waals surface area contributed by atoms with Crippen LogP contribution >= 0.6 is 11.6 Å². The van der Waals surface area contributed by atoms with Crippen molar-refractivity contribution in [3.05, 3.63) is 29.0 Å². The van der Waals surface area contributed by atoms with E-state index in [1.54, 1.807) is 0 Å². The summed E-state index contributed by atoms with van der Waals surface area (Å²) in [6.45, 7) is 1.58. The van der Waals surface area contributed by atoms with Gasteiger partial charge >= 0.3 is 5.97 Å². The number of hydrogen-bond acceptors (Lipinski definition) is 4. The number of aliphatic carboxylic acids is 1. The summed E-state index contributed by atoms with van der Waals surface area (Å²) in [7, 11) is -3.83. The Labute approximate surface area is 149 Å². The van der Waals surface area contributed by atoms with Gasteiger partial charge in [-0.15, -0.1) is 0 Å². The predicted molar refractivity (Wildman–Crippen MR) is 88.1 cm³/mol. The van der Waals surface area contributed by atoms with Crippen LogP contribution in [0.5, 0.6) is 0 Å². The van der Waals surface area contributed by atoms with Crippen LogP contribution < -0.4 is 5.32 Å². The van der Waals surface area contributed by atoms with Gasteiger partial charge in [-0.1, -0.05) is 11.6 Å². The fourth-order valence-corrected chi connectivity index (χ4v) is 4.28. The summed E-state index contributed by atoms with van der Waals surface area (Å²) in [5, 5.41) is 10.9. The van der Waals surface area contributed by atoms with E-state index in [0.29, 0.717) is 0 Å². The zero-order valence-corrected chi connectivity index (χ0v) is 15.0. The van der Waals surface area contributed by atoms with Gasteiger partial charge in [0.2, 0.25) is 15.9 Å².